The van der Waals surface area contributed by atoms with Gasteiger partial charge in [-0.15, -0.1) is 0 Å². The predicted molar refractivity (Wildman–Crippen MR) is 55.3 cm³/mol. The highest BCUT2D eigenvalue weighted by Gasteiger charge is 2.30. The Morgan fingerprint density at radius 3 is 2.80 bits per heavy atom. The smallest absolute Gasteiger partial charge is 0.404 e. The lowest BCUT2D eigenvalue weighted by Crippen LogP contribution is -2.53. The van der Waals surface area contributed by atoms with Crippen molar-refractivity contribution in [2.24, 2.45) is 5.73 Å². The zero-order valence-electron chi connectivity index (χ0n) is 8.09. The molecule has 0 saturated carbocycles. The van der Waals surface area contributed by atoms with Crippen molar-refractivity contribution in [3.05, 3.63) is 18.3 Å². The standard InChI is InChI=1S/C9H12N4O2/c10-6-1-2-8(12-3-6)13-4-7(5-13)15-9(11)14/h1-3,7H,4-5,10H2,(H2,11,14). The van der Waals surface area contributed by atoms with Crippen LogP contribution in [0.4, 0.5) is 16.3 Å². The summed E-state index contributed by atoms with van der Waals surface area (Å²) in [5.41, 5.74) is 11.0. The highest BCUT2D eigenvalue weighted by Crippen LogP contribution is 2.20. The highest BCUT2D eigenvalue weighted by molar-refractivity contribution is 5.65. The van der Waals surface area contributed by atoms with Crippen LogP contribution in [0.5, 0.6) is 0 Å². The number of nitrogens with zero attached hydrogens (tertiary/aromatic N) is 2. The molecule has 0 unspecified atom stereocenters. The van der Waals surface area contributed by atoms with Crippen molar-refractivity contribution in [2.75, 3.05) is 23.7 Å². The lowest BCUT2D eigenvalue weighted by molar-refractivity contribution is 0.0886. The van der Waals surface area contributed by atoms with Gasteiger partial charge in [0, 0.05) is 0 Å². The van der Waals surface area contributed by atoms with E-state index in [9.17, 15) is 4.79 Å². The quantitative estimate of drug-likeness (QED) is 0.710. The molecule has 6 heteroatoms. The maximum absolute atomic E-state index is 10.4. The van der Waals surface area contributed by atoms with Gasteiger partial charge in [0.2, 0.25) is 0 Å². The van der Waals surface area contributed by atoms with E-state index >= 15 is 0 Å². The summed E-state index contributed by atoms with van der Waals surface area (Å²) in [6, 6.07) is 3.61. The lowest BCUT2D eigenvalue weighted by atomic mass is 10.1. The SMILES string of the molecule is NC(=O)OC1CN(c2ccc(N)cn2)C1. The van der Waals surface area contributed by atoms with Crippen LogP contribution in [0, 0.1) is 0 Å². The van der Waals surface area contributed by atoms with Crippen LogP contribution in [0.3, 0.4) is 0 Å². The molecule has 2 rings (SSSR count). The number of carbonyl (C=O) groups excluding carboxylic acids is 1. The predicted octanol–water partition coefficient (Wildman–Crippen LogP) is -0.0523. The molecule has 80 valence electrons. The molecule has 6 nitrogen and oxygen atoms in total. The second kappa shape index (κ2) is 3.64. The lowest BCUT2D eigenvalue weighted by Gasteiger charge is -2.38. The molecule has 1 aromatic rings. The van der Waals surface area contributed by atoms with Crippen LogP contribution < -0.4 is 16.4 Å². The van der Waals surface area contributed by atoms with Gasteiger partial charge in [-0.2, -0.15) is 0 Å². The Morgan fingerprint density at radius 1 is 1.53 bits per heavy atom. The Balaban J connectivity index is 1.89. The van der Waals surface area contributed by atoms with Crippen LogP contribution in [-0.4, -0.2) is 30.3 Å². The molecule has 0 aromatic carbocycles. The second-order valence-corrected chi connectivity index (χ2v) is 3.41. The van der Waals surface area contributed by atoms with Gasteiger partial charge in [0.05, 0.1) is 25.0 Å². The average molecular weight is 208 g/mol. The Kier molecular flexibility index (Phi) is 2.32. The van der Waals surface area contributed by atoms with E-state index in [1.807, 2.05) is 11.0 Å². The van der Waals surface area contributed by atoms with E-state index in [1.165, 1.54) is 0 Å². The number of ether oxygens (including phenoxy) is 1. The van der Waals surface area contributed by atoms with Gasteiger partial charge >= 0.3 is 6.09 Å². The maximum Gasteiger partial charge on any atom is 0.404 e. The third-order valence-corrected chi connectivity index (χ3v) is 2.23. The van der Waals surface area contributed by atoms with Gasteiger partial charge < -0.3 is 21.1 Å². The molecule has 1 fully saturated rings. The average Bonchev–Trinajstić information content (AvgIpc) is 2.12. The van der Waals surface area contributed by atoms with Crippen molar-refractivity contribution in [3.8, 4) is 0 Å². The molecule has 1 aromatic heterocycles. The molecule has 4 N–H and O–H groups in total. The molecule has 1 aliphatic rings. The minimum atomic E-state index is -0.732. The van der Waals surface area contributed by atoms with Crippen molar-refractivity contribution in [2.45, 2.75) is 6.10 Å². The van der Waals surface area contributed by atoms with Crippen molar-refractivity contribution in [1.82, 2.24) is 4.98 Å². The number of aromatic nitrogens is 1. The Labute approximate surface area is 86.8 Å². The molecule has 1 saturated heterocycles. The Morgan fingerprint density at radius 2 is 2.27 bits per heavy atom. The number of nitrogens with two attached hydrogens (primary N) is 2. The molecule has 1 aliphatic heterocycles. The zero-order valence-corrected chi connectivity index (χ0v) is 8.09. The van der Waals surface area contributed by atoms with E-state index in [4.69, 9.17) is 16.2 Å². The molecule has 0 spiro atoms. The number of primary amides is 1. The number of nitrogen functional groups attached to an aromatic ring is 1. The topological polar surface area (TPSA) is 94.5 Å². The Hall–Kier alpha value is -1.98. The van der Waals surface area contributed by atoms with E-state index in [2.05, 4.69) is 4.98 Å². The summed E-state index contributed by atoms with van der Waals surface area (Å²) in [5, 5.41) is 0. The summed E-state index contributed by atoms with van der Waals surface area (Å²) in [6.45, 7) is 1.25. The van der Waals surface area contributed by atoms with Gasteiger partial charge in [-0.1, -0.05) is 0 Å². The minimum absolute atomic E-state index is 0.123. The fraction of sp³-hybridized carbons (Fsp3) is 0.333. The molecule has 2 heterocycles. The van der Waals surface area contributed by atoms with Crippen LogP contribution in [0.25, 0.3) is 0 Å². The number of rotatable bonds is 2. The summed E-state index contributed by atoms with van der Waals surface area (Å²) in [6.07, 6.45) is 0.740. The van der Waals surface area contributed by atoms with E-state index in [0.717, 1.165) is 5.82 Å². The first-order valence-electron chi connectivity index (χ1n) is 4.58. The normalized spacial score (nSPS) is 15.9. The third-order valence-electron chi connectivity index (χ3n) is 2.23. The molecule has 15 heavy (non-hydrogen) atoms. The molecule has 0 radical (unpaired) electrons. The van der Waals surface area contributed by atoms with Gasteiger partial charge in [0.25, 0.3) is 0 Å². The zero-order chi connectivity index (χ0) is 10.8. The fourth-order valence-corrected chi connectivity index (χ4v) is 1.45. The molecular weight excluding hydrogens is 196 g/mol. The van der Waals surface area contributed by atoms with Gasteiger partial charge in [0.15, 0.2) is 0 Å². The van der Waals surface area contributed by atoms with Crippen LogP contribution >= 0.6 is 0 Å². The van der Waals surface area contributed by atoms with Crippen LogP contribution in [0.15, 0.2) is 18.3 Å². The monoisotopic (exact) mass is 208 g/mol. The first-order chi connectivity index (χ1) is 7.15. The van der Waals surface area contributed by atoms with E-state index in [-0.39, 0.29) is 6.10 Å². The van der Waals surface area contributed by atoms with E-state index < -0.39 is 6.09 Å². The second-order valence-electron chi connectivity index (χ2n) is 3.41. The van der Waals surface area contributed by atoms with Crippen molar-refractivity contribution in [1.29, 1.82) is 0 Å². The van der Waals surface area contributed by atoms with Gasteiger partial charge in [0.1, 0.15) is 11.9 Å². The van der Waals surface area contributed by atoms with Gasteiger partial charge in [-0.3, -0.25) is 0 Å². The van der Waals surface area contributed by atoms with Crippen LogP contribution in [0.1, 0.15) is 0 Å². The van der Waals surface area contributed by atoms with Gasteiger partial charge in [-0.25, -0.2) is 9.78 Å². The highest BCUT2D eigenvalue weighted by atomic mass is 16.6. The summed E-state index contributed by atoms with van der Waals surface area (Å²) in [4.78, 5) is 16.6. The number of pyridine rings is 1. The molecule has 0 bridgehead atoms. The first-order valence-corrected chi connectivity index (χ1v) is 4.58. The number of hydrogen-bond acceptors (Lipinski definition) is 5. The molecule has 0 aliphatic carbocycles. The Bertz CT molecular complexity index is 359. The number of amides is 1. The third kappa shape index (κ3) is 2.09. The first kappa shape index (κ1) is 9.57. The van der Waals surface area contributed by atoms with Crippen molar-refractivity contribution in [3.63, 3.8) is 0 Å². The molecule has 1 amide bonds. The largest absolute Gasteiger partial charge is 0.443 e. The summed E-state index contributed by atoms with van der Waals surface area (Å²) < 4.78 is 4.81. The van der Waals surface area contributed by atoms with Crippen LogP contribution in [-0.2, 0) is 4.74 Å². The number of anilines is 2. The van der Waals surface area contributed by atoms with Crippen molar-refractivity contribution >= 4 is 17.6 Å². The number of carbonyl (C=O) groups is 1. The van der Waals surface area contributed by atoms with Crippen molar-refractivity contribution < 1.29 is 9.53 Å². The number of hydrogen-bond donors (Lipinski definition) is 2. The summed E-state index contributed by atoms with van der Waals surface area (Å²) in [5.74, 6) is 0.827. The van der Waals surface area contributed by atoms with Crippen LogP contribution in [0.2, 0.25) is 0 Å². The van der Waals surface area contributed by atoms with Gasteiger partial charge in [-0.05, 0) is 12.1 Å². The summed E-state index contributed by atoms with van der Waals surface area (Å²) >= 11 is 0. The fourth-order valence-electron chi connectivity index (χ4n) is 1.45. The summed E-state index contributed by atoms with van der Waals surface area (Å²) in [7, 11) is 0. The minimum Gasteiger partial charge on any atom is -0.443 e. The maximum atomic E-state index is 10.4. The van der Waals surface area contributed by atoms with E-state index in [0.29, 0.717) is 18.8 Å². The van der Waals surface area contributed by atoms with E-state index in [1.54, 1.807) is 12.3 Å². The molecular formula is C9H12N4O2. The molecule has 0 atom stereocenters.